The number of thiophene rings is 1. The lowest BCUT2D eigenvalue weighted by atomic mass is 10.0. The van der Waals surface area contributed by atoms with Crippen molar-refractivity contribution in [2.24, 2.45) is 0 Å². The Hall–Kier alpha value is -2.41. The predicted molar refractivity (Wildman–Crippen MR) is 131 cm³/mol. The second kappa shape index (κ2) is 11.5. The minimum Gasteiger partial charge on any atom is -0.483 e. The topological polar surface area (TPSA) is 50.8 Å². The van der Waals surface area contributed by atoms with E-state index in [9.17, 15) is 4.79 Å². The van der Waals surface area contributed by atoms with Crippen LogP contribution < -0.4 is 10.1 Å². The van der Waals surface area contributed by atoms with Crippen molar-refractivity contribution in [1.29, 1.82) is 0 Å². The van der Waals surface area contributed by atoms with Crippen LogP contribution in [0.4, 0.5) is 0 Å². The van der Waals surface area contributed by atoms with Crippen molar-refractivity contribution in [2.45, 2.75) is 32.7 Å². The Morgan fingerprint density at radius 3 is 2.84 bits per heavy atom. The SMILES string of the molecule is CCOCCCNC(=O)COc1ccc(-c2csc3ccccc23)cc1CN1CCCC1. The van der Waals surface area contributed by atoms with Crippen molar-refractivity contribution in [1.82, 2.24) is 10.2 Å². The molecule has 0 bridgehead atoms. The molecule has 6 heteroatoms. The Kier molecular flexibility index (Phi) is 8.15. The molecule has 1 fully saturated rings. The largest absolute Gasteiger partial charge is 0.483 e. The number of carbonyl (C=O) groups is 1. The van der Waals surface area contributed by atoms with E-state index in [0.29, 0.717) is 19.8 Å². The van der Waals surface area contributed by atoms with E-state index in [1.807, 2.05) is 13.0 Å². The molecule has 5 nitrogen and oxygen atoms in total. The van der Waals surface area contributed by atoms with Crippen LogP contribution in [0.25, 0.3) is 21.2 Å². The standard InChI is InChI=1S/C26H32N2O3S/c1-2-30-15-7-12-27-26(29)18-31-24-11-10-20(16-21(24)17-28-13-5-6-14-28)23-19-32-25-9-4-3-8-22(23)25/h3-4,8-11,16,19H,2,5-7,12-15,17-18H2,1H3,(H,27,29). The number of likely N-dealkylation sites (tertiary alicyclic amines) is 1. The van der Waals surface area contributed by atoms with E-state index >= 15 is 0 Å². The number of hydrogen-bond acceptors (Lipinski definition) is 5. The second-order valence-electron chi connectivity index (χ2n) is 8.14. The fourth-order valence-electron chi connectivity index (χ4n) is 4.14. The molecule has 170 valence electrons. The van der Waals surface area contributed by atoms with Crippen LogP contribution >= 0.6 is 11.3 Å². The number of rotatable bonds is 11. The van der Waals surface area contributed by atoms with Gasteiger partial charge in [-0.2, -0.15) is 0 Å². The molecule has 3 aromatic rings. The Labute approximate surface area is 194 Å². The van der Waals surface area contributed by atoms with Crippen molar-refractivity contribution < 1.29 is 14.3 Å². The average Bonchev–Trinajstić information content (AvgIpc) is 3.48. The first-order valence-corrected chi connectivity index (χ1v) is 12.4. The third-order valence-corrected chi connectivity index (χ3v) is 6.76. The highest BCUT2D eigenvalue weighted by atomic mass is 32.1. The van der Waals surface area contributed by atoms with E-state index in [1.165, 1.54) is 34.1 Å². The fraction of sp³-hybridized carbons (Fsp3) is 0.423. The summed E-state index contributed by atoms with van der Waals surface area (Å²) in [6.45, 7) is 7.05. The number of ether oxygens (including phenoxy) is 2. The zero-order chi connectivity index (χ0) is 22.2. The molecule has 1 aliphatic rings. The van der Waals surface area contributed by atoms with Gasteiger partial charge in [-0.05, 0) is 68.4 Å². The third-order valence-electron chi connectivity index (χ3n) is 5.80. The lowest BCUT2D eigenvalue weighted by Gasteiger charge is -2.19. The maximum absolute atomic E-state index is 12.2. The summed E-state index contributed by atoms with van der Waals surface area (Å²) in [5.74, 6) is 0.700. The Morgan fingerprint density at radius 1 is 1.16 bits per heavy atom. The lowest BCUT2D eigenvalue weighted by molar-refractivity contribution is -0.123. The van der Waals surface area contributed by atoms with Crippen molar-refractivity contribution in [3.63, 3.8) is 0 Å². The van der Waals surface area contributed by atoms with Gasteiger partial charge in [-0.25, -0.2) is 0 Å². The van der Waals surface area contributed by atoms with E-state index < -0.39 is 0 Å². The van der Waals surface area contributed by atoms with Crippen LogP contribution in [0.1, 0.15) is 31.7 Å². The summed E-state index contributed by atoms with van der Waals surface area (Å²) in [7, 11) is 0. The molecule has 1 aromatic heterocycles. The zero-order valence-corrected chi connectivity index (χ0v) is 19.6. The number of nitrogens with zero attached hydrogens (tertiary/aromatic N) is 1. The normalized spacial score (nSPS) is 14.2. The number of carbonyl (C=O) groups excluding carboxylic acids is 1. The first-order valence-electron chi connectivity index (χ1n) is 11.5. The number of fused-ring (bicyclic) bond motifs is 1. The zero-order valence-electron chi connectivity index (χ0n) is 18.8. The first kappa shape index (κ1) is 22.8. The molecule has 4 rings (SSSR count). The lowest BCUT2D eigenvalue weighted by Crippen LogP contribution is -2.30. The molecule has 1 amide bonds. The fourth-order valence-corrected chi connectivity index (χ4v) is 5.11. The quantitative estimate of drug-likeness (QED) is 0.412. The van der Waals surface area contributed by atoms with Gasteiger partial charge in [0.25, 0.3) is 5.91 Å². The van der Waals surface area contributed by atoms with Crippen molar-refractivity contribution in [2.75, 3.05) is 39.5 Å². The average molecular weight is 453 g/mol. The van der Waals surface area contributed by atoms with Crippen LogP contribution in [0.2, 0.25) is 0 Å². The van der Waals surface area contributed by atoms with Gasteiger partial charge in [0.05, 0.1) is 0 Å². The van der Waals surface area contributed by atoms with Gasteiger partial charge in [-0.1, -0.05) is 24.3 Å². The summed E-state index contributed by atoms with van der Waals surface area (Å²) in [6, 6.07) is 14.9. The molecule has 0 aliphatic carbocycles. The summed E-state index contributed by atoms with van der Waals surface area (Å²) >= 11 is 1.77. The van der Waals surface area contributed by atoms with Gasteiger partial charge < -0.3 is 14.8 Å². The van der Waals surface area contributed by atoms with Crippen LogP contribution in [-0.4, -0.2) is 50.3 Å². The van der Waals surface area contributed by atoms with Gasteiger partial charge in [-0.15, -0.1) is 11.3 Å². The molecule has 32 heavy (non-hydrogen) atoms. The maximum atomic E-state index is 12.2. The third kappa shape index (κ3) is 5.88. The smallest absolute Gasteiger partial charge is 0.257 e. The monoisotopic (exact) mass is 452 g/mol. The number of hydrogen-bond donors (Lipinski definition) is 1. The van der Waals surface area contributed by atoms with Gasteiger partial charge in [0.2, 0.25) is 0 Å². The molecule has 0 atom stereocenters. The van der Waals surface area contributed by atoms with Crippen LogP contribution in [0, 0.1) is 0 Å². The van der Waals surface area contributed by atoms with Crippen molar-refractivity contribution >= 4 is 27.3 Å². The molecule has 2 aromatic carbocycles. The minimum atomic E-state index is -0.0958. The van der Waals surface area contributed by atoms with Gasteiger partial charge in [-0.3, -0.25) is 9.69 Å². The summed E-state index contributed by atoms with van der Waals surface area (Å²) in [5, 5.41) is 6.42. The number of nitrogens with one attached hydrogen (secondary N) is 1. The minimum absolute atomic E-state index is 0.0301. The first-order chi connectivity index (χ1) is 15.7. The van der Waals surface area contributed by atoms with Crippen LogP contribution in [0.3, 0.4) is 0 Å². The molecular formula is C26H32N2O3S. The van der Waals surface area contributed by atoms with Gasteiger partial charge >= 0.3 is 0 Å². The molecule has 0 radical (unpaired) electrons. The number of benzene rings is 2. The van der Waals surface area contributed by atoms with Crippen LogP contribution in [-0.2, 0) is 16.1 Å². The highest BCUT2D eigenvalue weighted by Gasteiger charge is 2.17. The molecule has 2 heterocycles. The van der Waals surface area contributed by atoms with E-state index in [2.05, 4.69) is 52.0 Å². The van der Waals surface area contributed by atoms with Crippen molar-refractivity contribution in [3.8, 4) is 16.9 Å². The van der Waals surface area contributed by atoms with Crippen LogP contribution in [0.5, 0.6) is 5.75 Å². The molecular weight excluding hydrogens is 420 g/mol. The molecule has 1 saturated heterocycles. The molecule has 1 aliphatic heterocycles. The highest BCUT2D eigenvalue weighted by molar-refractivity contribution is 7.17. The molecule has 0 spiro atoms. The Morgan fingerprint density at radius 2 is 2.00 bits per heavy atom. The van der Waals surface area contributed by atoms with Crippen LogP contribution in [0.15, 0.2) is 47.8 Å². The Bertz CT molecular complexity index is 1030. The molecule has 1 N–H and O–H groups in total. The van der Waals surface area contributed by atoms with E-state index in [0.717, 1.165) is 37.4 Å². The predicted octanol–water partition coefficient (Wildman–Crippen LogP) is 5.09. The molecule has 0 saturated carbocycles. The summed E-state index contributed by atoms with van der Waals surface area (Å²) in [6.07, 6.45) is 3.30. The van der Waals surface area contributed by atoms with E-state index in [4.69, 9.17) is 9.47 Å². The second-order valence-corrected chi connectivity index (χ2v) is 9.05. The van der Waals surface area contributed by atoms with Crippen molar-refractivity contribution in [3.05, 3.63) is 53.4 Å². The molecule has 0 unspecified atom stereocenters. The summed E-state index contributed by atoms with van der Waals surface area (Å²) in [4.78, 5) is 14.7. The maximum Gasteiger partial charge on any atom is 0.257 e. The summed E-state index contributed by atoms with van der Waals surface area (Å²) < 4.78 is 12.6. The van der Waals surface area contributed by atoms with E-state index in [-0.39, 0.29) is 12.5 Å². The number of amides is 1. The van der Waals surface area contributed by atoms with Gasteiger partial charge in [0, 0.05) is 47.5 Å². The summed E-state index contributed by atoms with van der Waals surface area (Å²) in [5.41, 5.74) is 3.60. The highest BCUT2D eigenvalue weighted by Crippen LogP contribution is 2.36. The van der Waals surface area contributed by atoms with E-state index in [1.54, 1.807) is 11.3 Å². The van der Waals surface area contributed by atoms with Gasteiger partial charge in [0.1, 0.15) is 5.75 Å². The Balaban J connectivity index is 1.47. The van der Waals surface area contributed by atoms with Gasteiger partial charge in [0.15, 0.2) is 6.61 Å².